The van der Waals surface area contributed by atoms with Gasteiger partial charge >= 0.3 is 6.03 Å². The number of aliphatic hydroxyl groups excluding tert-OH is 1. The van der Waals surface area contributed by atoms with Crippen molar-refractivity contribution in [1.29, 1.82) is 0 Å². The minimum Gasteiger partial charge on any atom is -0.389 e. The molecule has 0 aliphatic carbocycles. The molecule has 0 spiro atoms. The van der Waals surface area contributed by atoms with Crippen molar-refractivity contribution in [1.82, 2.24) is 5.32 Å². The molecule has 5 heteroatoms. The van der Waals surface area contributed by atoms with E-state index in [1.165, 1.54) is 0 Å². The second-order valence-corrected chi connectivity index (χ2v) is 5.15. The smallest absolute Gasteiger partial charge is 0.319 e. The molecule has 1 aromatic carbocycles. The lowest BCUT2D eigenvalue weighted by Crippen LogP contribution is -2.31. The molecule has 0 fully saturated rings. The predicted molar refractivity (Wildman–Crippen MR) is 79.8 cm³/mol. The second-order valence-electron chi connectivity index (χ2n) is 5.15. The van der Waals surface area contributed by atoms with Gasteiger partial charge in [-0.1, -0.05) is 26.0 Å². The Morgan fingerprint density at radius 2 is 1.90 bits per heavy atom. The van der Waals surface area contributed by atoms with Crippen molar-refractivity contribution in [3.63, 3.8) is 0 Å². The van der Waals surface area contributed by atoms with E-state index in [9.17, 15) is 9.90 Å². The Labute approximate surface area is 120 Å². The maximum absolute atomic E-state index is 11.6. The van der Waals surface area contributed by atoms with Crippen LogP contribution in [0.2, 0.25) is 0 Å². The number of benzene rings is 1. The maximum atomic E-state index is 11.6. The van der Waals surface area contributed by atoms with Gasteiger partial charge in [0.25, 0.3) is 0 Å². The first-order chi connectivity index (χ1) is 9.49. The van der Waals surface area contributed by atoms with Crippen molar-refractivity contribution in [2.24, 2.45) is 5.92 Å². The van der Waals surface area contributed by atoms with Crippen LogP contribution in [0, 0.1) is 5.92 Å². The Kier molecular flexibility index (Phi) is 7.04. The summed E-state index contributed by atoms with van der Waals surface area (Å²) < 4.78 is 5.37. The first-order valence-electron chi connectivity index (χ1n) is 6.89. The van der Waals surface area contributed by atoms with Gasteiger partial charge in [0.1, 0.15) is 0 Å². The average Bonchev–Trinajstić information content (AvgIpc) is 2.38. The lowest BCUT2D eigenvalue weighted by atomic mass is 10.1. The molecule has 5 nitrogen and oxygen atoms in total. The van der Waals surface area contributed by atoms with Crippen LogP contribution in [-0.4, -0.2) is 30.9 Å². The Hall–Kier alpha value is -1.59. The van der Waals surface area contributed by atoms with Gasteiger partial charge in [0, 0.05) is 18.8 Å². The van der Waals surface area contributed by atoms with E-state index in [1.807, 2.05) is 0 Å². The normalized spacial score (nSPS) is 12.2. The summed E-state index contributed by atoms with van der Waals surface area (Å²) in [6.45, 7) is 7.54. The highest BCUT2D eigenvalue weighted by molar-refractivity contribution is 5.89. The van der Waals surface area contributed by atoms with Crippen molar-refractivity contribution in [3.8, 4) is 0 Å². The van der Waals surface area contributed by atoms with E-state index < -0.39 is 6.10 Å². The van der Waals surface area contributed by atoms with Gasteiger partial charge in [0.05, 0.1) is 12.7 Å². The van der Waals surface area contributed by atoms with Gasteiger partial charge < -0.3 is 20.5 Å². The Morgan fingerprint density at radius 1 is 1.25 bits per heavy atom. The number of anilines is 1. The summed E-state index contributed by atoms with van der Waals surface area (Å²) in [6.07, 6.45) is -0.504. The first-order valence-corrected chi connectivity index (χ1v) is 6.89. The summed E-state index contributed by atoms with van der Waals surface area (Å²) in [6, 6.07) is 6.83. The van der Waals surface area contributed by atoms with E-state index in [0.717, 1.165) is 5.56 Å². The molecule has 0 bridgehead atoms. The van der Waals surface area contributed by atoms with Gasteiger partial charge in [0.2, 0.25) is 0 Å². The second kappa shape index (κ2) is 8.55. The van der Waals surface area contributed by atoms with Crippen molar-refractivity contribution < 1.29 is 14.6 Å². The number of urea groups is 1. The summed E-state index contributed by atoms with van der Waals surface area (Å²) in [5.41, 5.74) is 1.51. The largest absolute Gasteiger partial charge is 0.389 e. The zero-order valence-electron chi connectivity index (χ0n) is 12.3. The summed E-state index contributed by atoms with van der Waals surface area (Å²) in [5, 5.41) is 14.8. The number of rotatable bonds is 7. The molecule has 2 amide bonds. The highest BCUT2D eigenvalue weighted by Crippen LogP contribution is 2.15. The quantitative estimate of drug-likeness (QED) is 0.672. The molecule has 3 N–H and O–H groups in total. The fourth-order valence-electron chi connectivity index (χ4n) is 1.58. The summed E-state index contributed by atoms with van der Waals surface area (Å²) in [4.78, 5) is 11.6. The lowest BCUT2D eigenvalue weighted by molar-refractivity contribution is 0.113. The molecule has 0 saturated heterocycles. The van der Waals surface area contributed by atoms with Gasteiger partial charge in [-0.15, -0.1) is 0 Å². The molecule has 0 saturated carbocycles. The van der Waals surface area contributed by atoms with E-state index in [4.69, 9.17) is 4.74 Å². The van der Waals surface area contributed by atoms with Gasteiger partial charge in [-0.25, -0.2) is 4.79 Å². The van der Waals surface area contributed by atoms with Gasteiger partial charge in [0.15, 0.2) is 0 Å². The zero-order valence-corrected chi connectivity index (χ0v) is 12.3. The fourth-order valence-corrected chi connectivity index (χ4v) is 1.58. The van der Waals surface area contributed by atoms with Crippen molar-refractivity contribution in [2.75, 3.05) is 25.1 Å². The van der Waals surface area contributed by atoms with E-state index in [0.29, 0.717) is 31.4 Å². The van der Waals surface area contributed by atoms with Gasteiger partial charge in [-0.2, -0.15) is 0 Å². The number of aliphatic hydroxyl groups is 1. The number of ether oxygens (including phenoxy) is 1. The third-order valence-corrected chi connectivity index (χ3v) is 2.63. The molecule has 0 aliphatic rings. The molecule has 1 rings (SSSR count). The maximum Gasteiger partial charge on any atom is 0.319 e. The molecule has 112 valence electrons. The summed E-state index contributed by atoms with van der Waals surface area (Å²) in [5.74, 6) is 0.497. The molecular formula is C15H24N2O3. The Bertz CT molecular complexity index is 402. The zero-order chi connectivity index (χ0) is 15.0. The SMILES string of the molecule is CC(C)COCCNC(=O)Nc1ccc(C(C)O)cc1. The third kappa shape index (κ3) is 6.54. The minimum absolute atomic E-state index is 0.261. The molecule has 20 heavy (non-hydrogen) atoms. The standard InChI is InChI=1S/C15H24N2O3/c1-11(2)10-20-9-8-16-15(19)17-14-6-4-13(5-7-14)12(3)18/h4-7,11-12,18H,8-10H2,1-3H3,(H2,16,17,19). The van der Waals surface area contributed by atoms with Crippen molar-refractivity contribution >= 4 is 11.7 Å². The average molecular weight is 280 g/mol. The number of amides is 2. The van der Waals surface area contributed by atoms with Crippen molar-refractivity contribution in [3.05, 3.63) is 29.8 Å². The number of carbonyl (C=O) groups is 1. The van der Waals surface area contributed by atoms with Crippen LogP contribution >= 0.6 is 0 Å². The topological polar surface area (TPSA) is 70.6 Å². The lowest BCUT2D eigenvalue weighted by Gasteiger charge is -2.10. The molecule has 0 aliphatic heterocycles. The third-order valence-electron chi connectivity index (χ3n) is 2.63. The number of carbonyl (C=O) groups excluding carboxylic acids is 1. The van der Waals surface area contributed by atoms with E-state index in [2.05, 4.69) is 24.5 Å². The Morgan fingerprint density at radius 3 is 2.45 bits per heavy atom. The predicted octanol–water partition coefficient (Wildman–Crippen LogP) is 2.53. The Balaban J connectivity index is 2.25. The van der Waals surface area contributed by atoms with E-state index >= 15 is 0 Å². The fraction of sp³-hybridized carbons (Fsp3) is 0.533. The first kappa shape index (κ1) is 16.5. The molecule has 0 radical (unpaired) electrons. The molecular weight excluding hydrogens is 256 g/mol. The van der Waals surface area contributed by atoms with Crippen LogP contribution in [0.5, 0.6) is 0 Å². The number of nitrogens with one attached hydrogen (secondary N) is 2. The highest BCUT2D eigenvalue weighted by atomic mass is 16.5. The highest BCUT2D eigenvalue weighted by Gasteiger charge is 2.03. The van der Waals surface area contributed by atoms with Crippen LogP contribution in [0.1, 0.15) is 32.4 Å². The van der Waals surface area contributed by atoms with E-state index in [1.54, 1.807) is 31.2 Å². The molecule has 1 unspecified atom stereocenters. The summed E-state index contributed by atoms with van der Waals surface area (Å²) >= 11 is 0. The number of hydrogen-bond acceptors (Lipinski definition) is 3. The number of hydrogen-bond donors (Lipinski definition) is 3. The molecule has 1 aromatic rings. The van der Waals surface area contributed by atoms with Gasteiger partial charge in [-0.3, -0.25) is 0 Å². The van der Waals surface area contributed by atoms with Crippen LogP contribution in [0.15, 0.2) is 24.3 Å². The van der Waals surface area contributed by atoms with E-state index in [-0.39, 0.29) is 6.03 Å². The van der Waals surface area contributed by atoms with Crippen LogP contribution in [0.25, 0.3) is 0 Å². The van der Waals surface area contributed by atoms with Crippen LogP contribution in [-0.2, 0) is 4.74 Å². The van der Waals surface area contributed by atoms with Crippen LogP contribution < -0.4 is 10.6 Å². The van der Waals surface area contributed by atoms with Crippen LogP contribution in [0.4, 0.5) is 10.5 Å². The van der Waals surface area contributed by atoms with Gasteiger partial charge in [-0.05, 0) is 30.5 Å². The molecule has 1 atom stereocenters. The van der Waals surface area contributed by atoms with Crippen LogP contribution in [0.3, 0.4) is 0 Å². The molecule has 0 heterocycles. The molecule has 0 aromatic heterocycles. The van der Waals surface area contributed by atoms with Crippen molar-refractivity contribution in [2.45, 2.75) is 26.9 Å². The minimum atomic E-state index is -0.504. The summed E-state index contributed by atoms with van der Waals surface area (Å²) in [7, 11) is 0. The monoisotopic (exact) mass is 280 g/mol.